The molecule has 0 unspecified atom stereocenters. The number of hydrogen-bond donors (Lipinski definition) is 0. The Balaban J connectivity index is 1.62. The highest BCUT2D eigenvalue weighted by Gasteiger charge is 2.90. The Morgan fingerprint density at radius 3 is 2.34 bits per heavy atom. The molecule has 1 fully saturated rings. The van der Waals surface area contributed by atoms with Crippen molar-refractivity contribution in [2.24, 2.45) is 10.8 Å². The van der Waals surface area contributed by atoms with Gasteiger partial charge in [0.2, 0.25) is 0 Å². The highest BCUT2D eigenvalue weighted by atomic mass is 19.1. The summed E-state index contributed by atoms with van der Waals surface area (Å²) in [4.78, 5) is 51.3. The number of Topliss-reactive ketones (excluding diaryl/α,β-unsaturated/α-hetero) is 1. The molecule has 0 bridgehead atoms. The normalized spacial score (nSPS) is 23.9. The van der Waals surface area contributed by atoms with Crippen LogP contribution in [-0.2, 0) is 9.59 Å². The number of fused-ring (bicyclic) bond motifs is 3. The van der Waals surface area contributed by atoms with E-state index in [-0.39, 0.29) is 29.2 Å². The van der Waals surface area contributed by atoms with Gasteiger partial charge in [0.05, 0.1) is 10.3 Å². The van der Waals surface area contributed by atoms with E-state index in [1.54, 1.807) is 31.2 Å². The first-order chi connectivity index (χ1) is 16.8. The maximum atomic E-state index is 13.9. The second-order valence-electron chi connectivity index (χ2n) is 8.47. The fourth-order valence-corrected chi connectivity index (χ4v) is 5.34. The van der Waals surface area contributed by atoms with Crippen LogP contribution < -0.4 is 9.47 Å². The number of para-hydroxylation sites is 1. The van der Waals surface area contributed by atoms with E-state index in [2.05, 4.69) is 0 Å². The lowest BCUT2D eigenvalue weighted by molar-refractivity contribution is -0.384. The second-order valence-corrected chi connectivity index (χ2v) is 8.47. The Kier molecular flexibility index (Phi) is 5.01. The van der Waals surface area contributed by atoms with Crippen LogP contribution in [0.25, 0.3) is 0 Å². The van der Waals surface area contributed by atoms with E-state index in [0.717, 1.165) is 24.3 Å². The summed E-state index contributed by atoms with van der Waals surface area (Å²) in [6.07, 6.45) is 0.104. The lowest BCUT2D eigenvalue weighted by Gasteiger charge is -2.23. The standard InChI is InChI=1S/C26H18FNO7/c1-2-25(22(29)15-7-9-16(27)10-8-15)21-19-5-3-4-6-20(19)35-24(31)26(21,25)23(30)34-18-13-11-17(12-14-18)28(32)33/h3-14,21H,2H2,1H3/t21-,25-,26+/m1/s1. The largest absolute Gasteiger partial charge is 0.426 e. The quantitative estimate of drug-likeness (QED) is 0.128. The minimum Gasteiger partial charge on any atom is -0.426 e. The van der Waals surface area contributed by atoms with Gasteiger partial charge in [0.25, 0.3) is 5.69 Å². The van der Waals surface area contributed by atoms with Crippen molar-refractivity contribution < 1.29 is 33.2 Å². The number of nitro benzene ring substituents is 1. The van der Waals surface area contributed by atoms with E-state index in [4.69, 9.17) is 9.47 Å². The predicted octanol–water partition coefficient (Wildman–Crippen LogP) is 4.62. The Hall–Kier alpha value is -4.40. The van der Waals surface area contributed by atoms with Gasteiger partial charge in [-0.05, 0) is 48.9 Å². The number of non-ortho nitro benzene ring substituents is 1. The van der Waals surface area contributed by atoms with Crippen molar-refractivity contribution in [3.05, 3.63) is 99.9 Å². The van der Waals surface area contributed by atoms with Crippen LogP contribution >= 0.6 is 0 Å². The van der Waals surface area contributed by atoms with Gasteiger partial charge in [-0.3, -0.25) is 24.5 Å². The summed E-state index contributed by atoms with van der Waals surface area (Å²) < 4.78 is 24.5. The first kappa shape index (κ1) is 22.4. The Morgan fingerprint density at radius 1 is 1.06 bits per heavy atom. The van der Waals surface area contributed by atoms with Crippen molar-refractivity contribution in [3.8, 4) is 11.5 Å². The molecule has 0 aromatic heterocycles. The number of nitrogens with zero attached hydrogens (tertiary/aromatic N) is 1. The van der Waals surface area contributed by atoms with Crippen LogP contribution in [0.1, 0.15) is 35.2 Å². The topological polar surface area (TPSA) is 113 Å². The number of carbonyl (C=O) groups is 3. The number of ketones is 1. The van der Waals surface area contributed by atoms with Gasteiger partial charge in [0, 0.05) is 29.2 Å². The minimum atomic E-state index is -1.97. The van der Waals surface area contributed by atoms with Gasteiger partial charge in [-0.2, -0.15) is 0 Å². The van der Waals surface area contributed by atoms with E-state index in [9.17, 15) is 28.9 Å². The number of ether oxygens (including phenoxy) is 2. The lowest BCUT2D eigenvalue weighted by atomic mass is 9.83. The Bertz CT molecular complexity index is 1390. The number of nitro groups is 1. The highest BCUT2D eigenvalue weighted by molar-refractivity contribution is 6.20. The molecular formula is C26H18FNO7. The van der Waals surface area contributed by atoms with Crippen LogP contribution in [0.5, 0.6) is 11.5 Å². The molecular weight excluding hydrogens is 457 g/mol. The van der Waals surface area contributed by atoms with Crippen molar-refractivity contribution >= 4 is 23.4 Å². The molecule has 1 aliphatic carbocycles. The fourth-order valence-electron chi connectivity index (χ4n) is 5.34. The molecule has 0 amide bonds. The third-order valence-corrected chi connectivity index (χ3v) is 6.95. The first-order valence-electron chi connectivity index (χ1n) is 10.9. The summed E-state index contributed by atoms with van der Waals surface area (Å²) in [5.74, 6) is -3.56. The van der Waals surface area contributed by atoms with Crippen molar-refractivity contribution in [2.45, 2.75) is 19.3 Å². The van der Waals surface area contributed by atoms with Gasteiger partial charge >= 0.3 is 11.9 Å². The van der Waals surface area contributed by atoms with E-state index in [1.165, 1.54) is 24.3 Å². The zero-order chi connectivity index (χ0) is 25.0. The molecule has 1 aliphatic heterocycles. The van der Waals surface area contributed by atoms with Gasteiger partial charge in [-0.25, -0.2) is 4.39 Å². The molecule has 0 saturated heterocycles. The molecule has 0 radical (unpaired) electrons. The summed E-state index contributed by atoms with van der Waals surface area (Å²) in [5, 5.41) is 10.9. The average molecular weight is 475 g/mol. The number of halogens is 1. The molecule has 1 heterocycles. The van der Waals surface area contributed by atoms with E-state index in [1.807, 2.05) is 0 Å². The predicted molar refractivity (Wildman–Crippen MR) is 119 cm³/mol. The molecule has 3 aromatic rings. The number of hydrogen-bond acceptors (Lipinski definition) is 7. The summed E-state index contributed by atoms with van der Waals surface area (Å²) in [6, 6.07) is 16.4. The van der Waals surface area contributed by atoms with Crippen molar-refractivity contribution in [3.63, 3.8) is 0 Å². The zero-order valence-electron chi connectivity index (χ0n) is 18.4. The monoisotopic (exact) mass is 475 g/mol. The van der Waals surface area contributed by atoms with Crippen molar-refractivity contribution in [2.75, 3.05) is 0 Å². The van der Waals surface area contributed by atoms with Crippen LogP contribution in [0.2, 0.25) is 0 Å². The molecule has 8 nitrogen and oxygen atoms in total. The summed E-state index contributed by atoms with van der Waals surface area (Å²) >= 11 is 0. The molecule has 9 heteroatoms. The highest BCUT2D eigenvalue weighted by Crippen LogP contribution is 2.80. The van der Waals surface area contributed by atoms with Crippen LogP contribution in [0.15, 0.2) is 72.8 Å². The van der Waals surface area contributed by atoms with Gasteiger partial charge in [0.15, 0.2) is 11.2 Å². The van der Waals surface area contributed by atoms with Gasteiger partial charge in [-0.15, -0.1) is 0 Å². The average Bonchev–Trinajstić information content (AvgIpc) is 3.51. The van der Waals surface area contributed by atoms with E-state index in [0.29, 0.717) is 5.56 Å². The van der Waals surface area contributed by atoms with E-state index < -0.39 is 45.2 Å². The first-order valence-corrected chi connectivity index (χ1v) is 10.9. The molecule has 0 N–H and O–H groups in total. The molecule has 3 atom stereocenters. The Morgan fingerprint density at radius 2 is 1.71 bits per heavy atom. The van der Waals surface area contributed by atoms with Gasteiger partial charge in [0.1, 0.15) is 17.3 Å². The summed E-state index contributed by atoms with van der Waals surface area (Å²) in [5.41, 5.74) is -3.02. The van der Waals surface area contributed by atoms with E-state index >= 15 is 0 Å². The third kappa shape index (κ3) is 3.01. The van der Waals surface area contributed by atoms with Crippen molar-refractivity contribution in [1.29, 1.82) is 0 Å². The summed E-state index contributed by atoms with van der Waals surface area (Å²) in [6.45, 7) is 1.69. The van der Waals surface area contributed by atoms with Crippen molar-refractivity contribution in [1.82, 2.24) is 0 Å². The fraction of sp³-hybridized carbons (Fsp3) is 0.192. The maximum absolute atomic E-state index is 13.9. The van der Waals surface area contributed by atoms with Gasteiger partial charge < -0.3 is 9.47 Å². The lowest BCUT2D eigenvalue weighted by Crippen LogP contribution is -2.42. The molecule has 35 heavy (non-hydrogen) atoms. The number of rotatable bonds is 6. The molecule has 2 aliphatic rings. The third-order valence-electron chi connectivity index (χ3n) is 6.95. The smallest absolute Gasteiger partial charge is 0.330 e. The molecule has 1 saturated carbocycles. The second kappa shape index (κ2) is 7.83. The van der Waals surface area contributed by atoms with Crippen LogP contribution in [0.4, 0.5) is 10.1 Å². The van der Waals surface area contributed by atoms with Crippen LogP contribution in [0, 0.1) is 26.8 Å². The minimum absolute atomic E-state index is 0.0217. The number of benzene rings is 3. The maximum Gasteiger partial charge on any atom is 0.330 e. The SMILES string of the molecule is CC[C@]1(C(=O)c2ccc(F)cc2)[C@H]2c3ccccc3OC(=O)[C@@]21C(=O)Oc1ccc([N+](=O)[O-])cc1. The summed E-state index contributed by atoms with van der Waals surface area (Å²) in [7, 11) is 0. The van der Waals surface area contributed by atoms with Crippen LogP contribution in [0.3, 0.4) is 0 Å². The Labute approximate surface area is 198 Å². The molecule has 5 rings (SSSR count). The number of carbonyl (C=O) groups excluding carboxylic acids is 3. The molecule has 176 valence electrons. The van der Waals surface area contributed by atoms with Crippen LogP contribution in [-0.4, -0.2) is 22.6 Å². The van der Waals surface area contributed by atoms with Gasteiger partial charge in [-0.1, -0.05) is 25.1 Å². The number of esters is 2. The molecule has 0 spiro atoms. The zero-order valence-corrected chi connectivity index (χ0v) is 18.4. The molecule has 3 aromatic carbocycles.